The largest absolute Gasteiger partial charge is 0.497 e. The lowest BCUT2D eigenvalue weighted by molar-refractivity contribution is 0.143. The Morgan fingerprint density at radius 3 is 2.54 bits per heavy atom. The smallest absolute Gasteiger partial charge is 0.191 e. The van der Waals surface area contributed by atoms with Crippen molar-refractivity contribution < 1.29 is 14.6 Å². The molecule has 0 bridgehead atoms. The lowest BCUT2D eigenvalue weighted by Crippen LogP contribution is -2.38. The molecule has 0 spiro atoms. The van der Waals surface area contributed by atoms with Gasteiger partial charge < -0.3 is 25.2 Å². The van der Waals surface area contributed by atoms with Crippen molar-refractivity contribution in [3.63, 3.8) is 0 Å². The maximum absolute atomic E-state index is 10.2. The second kappa shape index (κ2) is 12.6. The lowest BCUT2D eigenvalue weighted by atomic mass is 10.1. The summed E-state index contributed by atoms with van der Waals surface area (Å²) in [5.74, 6) is 1.50. The number of hydrogen-bond donors (Lipinski definition) is 3. The quantitative estimate of drug-likeness (QED) is 0.328. The first-order valence-electron chi connectivity index (χ1n) is 8.63. The van der Waals surface area contributed by atoms with Gasteiger partial charge >= 0.3 is 0 Å². The molecule has 0 amide bonds. The van der Waals surface area contributed by atoms with E-state index in [0.717, 1.165) is 56.4 Å². The predicted octanol–water partition coefficient (Wildman–Crippen LogP) is 2.10. The minimum Gasteiger partial charge on any atom is -0.497 e. The standard InChI is InChI=1S/C18H31N3O3/c1-4-19-18(20-12-6-7-13-24-5-2)21-14-17(22)15-8-10-16(23-3)11-9-15/h8-11,17,22H,4-7,12-14H2,1-3H3,(H2,19,20,21). The molecule has 1 rings (SSSR count). The Hall–Kier alpha value is -1.79. The number of unbranched alkanes of at least 4 members (excludes halogenated alkanes) is 1. The van der Waals surface area contributed by atoms with Crippen molar-refractivity contribution in [2.24, 2.45) is 4.99 Å². The molecule has 136 valence electrons. The normalized spacial score (nSPS) is 12.8. The summed E-state index contributed by atoms with van der Waals surface area (Å²) in [6, 6.07) is 7.38. The summed E-state index contributed by atoms with van der Waals surface area (Å²) in [6.45, 7) is 7.50. The molecule has 1 atom stereocenters. The van der Waals surface area contributed by atoms with Gasteiger partial charge in [0.2, 0.25) is 0 Å². The van der Waals surface area contributed by atoms with Crippen LogP contribution in [0.25, 0.3) is 0 Å². The van der Waals surface area contributed by atoms with Gasteiger partial charge in [0, 0.05) is 26.3 Å². The van der Waals surface area contributed by atoms with Gasteiger partial charge in [0.05, 0.1) is 19.8 Å². The average Bonchev–Trinajstić information content (AvgIpc) is 2.62. The highest BCUT2D eigenvalue weighted by molar-refractivity contribution is 5.79. The third-order valence-electron chi connectivity index (χ3n) is 3.48. The van der Waals surface area contributed by atoms with Crippen LogP contribution in [0.15, 0.2) is 29.3 Å². The molecule has 1 aromatic carbocycles. The van der Waals surface area contributed by atoms with Crippen LogP contribution in [0, 0.1) is 0 Å². The first-order valence-corrected chi connectivity index (χ1v) is 8.63. The number of aliphatic hydroxyl groups is 1. The number of benzene rings is 1. The molecular formula is C18H31N3O3. The average molecular weight is 337 g/mol. The van der Waals surface area contributed by atoms with E-state index < -0.39 is 6.10 Å². The molecule has 0 fully saturated rings. The summed E-state index contributed by atoms with van der Waals surface area (Å²) in [6.07, 6.45) is 1.41. The monoisotopic (exact) mass is 337 g/mol. The zero-order chi connectivity index (χ0) is 17.6. The highest BCUT2D eigenvalue weighted by Gasteiger charge is 2.07. The molecule has 0 aliphatic carbocycles. The van der Waals surface area contributed by atoms with Crippen LogP contribution >= 0.6 is 0 Å². The van der Waals surface area contributed by atoms with Crippen LogP contribution in [0.1, 0.15) is 38.4 Å². The Balaban J connectivity index is 2.42. The van der Waals surface area contributed by atoms with Gasteiger partial charge in [-0.25, -0.2) is 0 Å². The SMILES string of the molecule is CCNC(=NCC(O)c1ccc(OC)cc1)NCCCCOCC. The van der Waals surface area contributed by atoms with Crippen LogP contribution in [-0.4, -0.2) is 51.0 Å². The van der Waals surface area contributed by atoms with Crippen molar-refractivity contribution in [1.82, 2.24) is 10.6 Å². The van der Waals surface area contributed by atoms with Crippen molar-refractivity contribution in [3.8, 4) is 5.75 Å². The minimum atomic E-state index is -0.635. The molecule has 1 aromatic rings. The molecule has 0 aromatic heterocycles. The van der Waals surface area contributed by atoms with Crippen LogP contribution in [0.4, 0.5) is 0 Å². The summed E-state index contributed by atoms with van der Waals surface area (Å²) in [5, 5.41) is 16.7. The van der Waals surface area contributed by atoms with Crippen molar-refractivity contribution in [1.29, 1.82) is 0 Å². The molecule has 24 heavy (non-hydrogen) atoms. The minimum absolute atomic E-state index is 0.306. The number of methoxy groups -OCH3 is 1. The first-order chi connectivity index (χ1) is 11.7. The zero-order valence-electron chi connectivity index (χ0n) is 15.0. The van der Waals surface area contributed by atoms with Crippen LogP contribution in [0.5, 0.6) is 5.75 Å². The Bertz CT molecular complexity index is 463. The highest BCUT2D eigenvalue weighted by Crippen LogP contribution is 2.17. The summed E-state index contributed by atoms with van der Waals surface area (Å²) in [7, 11) is 1.62. The van der Waals surface area contributed by atoms with Gasteiger partial charge in [-0.1, -0.05) is 12.1 Å². The molecule has 3 N–H and O–H groups in total. The first kappa shape index (κ1) is 20.3. The number of guanidine groups is 1. The Kier molecular flexibility index (Phi) is 10.6. The Labute approximate surface area is 145 Å². The van der Waals surface area contributed by atoms with Gasteiger partial charge in [-0.3, -0.25) is 4.99 Å². The predicted molar refractivity (Wildman–Crippen MR) is 97.7 cm³/mol. The molecule has 0 aliphatic rings. The van der Waals surface area contributed by atoms with Crippen molar-refractivity contribution in [2.75, 3.05) is 40.0 Å². The molecule has 0 aliphatic heterocycles. The van der Waals surface area contributed by atoms with Gasteiger partial charge in [0.15, 0.2) is 5.96 Å². The highest BCUT2D eigenvalue weighted by atomic mass is 16.5. The van der Waals surface area contributed by atoms with E-state index in [1.54, 1.807) is 7.11 Å². The Morgan fingerprint density at radius 2 is 1.92 bits per heavy atom. The van der Waals surface area contributed by atoms with E-state index >= 15 is 0 Å². The van der Waals surface area contributed by atoms with E-state index in [4.69, 9.17) is 9.47 Å². The van der Waals surface area contributed by atoms with Gasteiger partial charge in [-0.2, -0.15) is 0 Å². The summed E-state index contributed by atoms with van der Waals surface area (Å²) in [5.41, 5.74) is 0.826. The lowest BCUT2D eigenvalue weighted by Gasteiger charge is -2.13. The van der Waals surface area contributed by atoms with Gasteiger partial charge in [-0.05, 0) is 44.4 Å². The number of rotatable bonds is 11. The number of nitrogens with zero attached hydrogens (tertiary/aromatic N) is 1. The fraction of sp³-hybridized carbons (Fsp3) is 0.611. The van der Waals surface area contributed by atoms with Gasteiger partial charge in [0.25, 0.3) is 0 Å². The number of nitrogens with one attached hydrogen (secondary N) is 2. The molecule has 1 unspecified atom stereocenters. The summed E-state index contributed by atoms with van der Waals surface area (Å²) >= 11 is 0. The fourth-order valence-electron chi connectivity index (χ4n) is 2.13. The molecule has 6 heteroatoms. The van der Waals surface area contributed by atoms with Gasteiger partial charge in [0.1, 0.15) is 5.75 Å². The van der Waals surface area contributed by atoms with E-state index in [1.165, 1.54) is 0 Å². The molecular weight excluding hydrogens is 306 g/mol. The van der Waals surface area contributed by atoms with Crippen molar-refractivity contribution in [3.05, 3.63) is 29.8 Å². The topological polar surface area (TPSA) is 75.1 Å². The number of ether oxygens (including phenoxy) is 2. The summed E-state index contributed by atoms with van der Waals surface area (Å²) in [4.78, 5) is 4.45. The molecule has 0 saturated heterocycles. The number of hydrogen-bond acceptors (Lipinski definition) is 4. The molecule has 0 heterocycles. The maximum atomic E-state index is 10.2. The van der Waals surface area contributed by atoms with E-state index in [0.29, 0.717) is 6.54 Å². The fourth-order valence-corrected chi connectivity index (χ4v) is 2.13. The van der Waals surface area contributed by atoms with Crippen molar-refractivity contribution in [2.45, 2.75) is 32.8 Å². The summed E-state index contributed by atoms with van der Waals surface area (Å²) < 4.78 is 10.4. The zero-order valence-corrected chi connectivity index (χ0v) is 15.0. The molecule has 6 nitrogen and oxygen atoms in total. The second-order valence-corrected chi connectivity index (χ2v) is 5.34. The maximum Gasteiger partial charge on any atom is 0.191 e. The number of aliphatic hydroxyl groups excluding tert-OH is 1. The van der Waals surface area contributed by atoms with Gasteiger partial charge in [-0.15, -0.1) is 0 Å². The van der Waals surface area contributed by atoms with Crippen LogP contribution < -0.4 is 15.4 Å². The van der Waals surface area contributed by atoms with Crippen LogP contribution in [0.3, 0.4) is 0 Å². The van der Waals surface area contributed by atoms with E-state index in [-0.39, 0.29) is 0 Å². The van der Waals surface area contributed by atoms with E-state index in [1.807, 2.05) is 38.1 Å². The third-order valence-corrected chi connectivity index (χ3v) is 3.48. The third kappa shape index (κ3) is 8.17. The second-order valence-electron chi connectivity index (χ2n) is 5.34. The number of aliphatic imine (C=N–C) groups is 1. The van der Waals surface area contributed by atoms with Crippen molar-refractivity contribution >= 4 is 5.96 Å². The Morgan fingerprint density at radius 1 is 1.17 bits per heavy atom. The van der Waals surface area contributed by atoms with Crippen LogP contribution in [-0.2, 0) is 4.74 Å². The van der Waals surface area contributed by atoms with E-state index in [9.17, 15) is 5.11 Å². The van der Waals surface area contributed by atoms with E-state index in [2.05, 4.69) is 15.6 Å². The molecule has 0 radical (unpaired) electrons. The van der Waals surface area contributed by atoms with Crippen LogP contribution in [0.2, 0.25) is 0 Å². The molecule has 0 saturated carbocycles.